The standard InChI is InChI=1S/C19H22O3/c1-12-5-13(2)8-16(7-12)11-18(19(20)21)22-17-9-14(3)6-15(4)10-17/h5-10,18H,11H2,1-4H3,(H,20,21)/t18-/m1/s1. The molecule has 2 rings (SSSR count). The highest BCUT2D eigenvalue weighted by Crippen LogP contribution is 2.20. The average Bonchev–Trinajstić information content (AvgIpc) is 2.35. The Balaban J connectivity index is 2.21. The first kappa shape index (κ1) is 16.1. The normalized spacial score (nSPS) is 12.0. The zero-order valence-corrected chi connectivity index (χ0v) is 13.5. The van der Waals surface area contributed by atoms with Crippen molar-refractivity contribution in [1.29, 1.82) is 0 Å². The van der Waals surface area contributed by atoms with Crippen LogP contribution >= 0.6 is 0 Å². The lowest BCUT2D eigenvalue weighted by Gasteiger charge is -2.17. The molecule has 0 radical (unpaired) electrons. The van der Waals surface area contributed by atoms with Crippen molar-refractivity contribution in [3.8, 4) is 5.75 Å². The third-order valence-corrected chi connectivity index (χ3v) is 3.45. The second-order valence-corrected chi connectivity index (χ2v) is 5.97. The molecule has 0 amide bonds. The molecule has 0 fully saturated rings. The van der Waals surface area contributed by atoms with Gasteiger partial charge in [0.25, 0.3) is 0 Å². The van der Waals surface area contributed by atoms with Crippen LogP contribution in [0.2, 0.25) is 0 Å². The largest absolute Gasteiger partial charge is 0.478 e. The van der Waals surface area contributed by atoms with E-state index in [-0.39, 0.29) is 0 Å². The molecule has 1 atom stereocenters. The molecule has 0 aliphatic rings. The molecule has 1 N–H and O–H groups in total. The van der Waals surface area contributed by atoms with Crippen LogP contribution < -0.4 is 4.74 Å². The van der Waals surface area contributed by atoms with Gasteiger partial charge < -0.3 is 9.84 Å². The quantitative estimate of drug-likeness (QED) is 0.907. The van der Waals surface area contributed by atoms with Crippen LogP contribution in [0.15, 0.2) is 36.4 Å². The Morgan fingerprint density at radius 1 is 0.909 bits per heavy atom. The molecule has 22 heavy (non-hydrogen) atoms. The van der Waals surface area contributed by atoms with Crippen molar-refractivity contribution < 1.29 is 14.6 Å². The monoisotopic (exact) mass is 298 g/mol. The number of aliphatic carboxylic acids is 1. The molecule has 0 aliphatic carbocycles. The molecular weight excluding hydrogens is 276 g/mol. The van der Waals surface area contributed by atoms with Crippen LogP contribution in [-0.2, 0) is 11.2 Å². The van der Waals surface area contributed by atoms with Crippen molar-refractivity contribution in [2.45, 2.75) is 40.2 Å². The summed E-state index contributed by atoms with van der Waals surface area (Å²) in [5.41, 5.74) is 5.36. The van der Waals surface area contributed by atoms with E-state index in [4.69, 9.17) is 4.74 Å². The van der Waals surface area contributed by atoms with E-state index in [0.29, 0.717) is 12.2 Å². The number of aryl methyl sites for hydroxylation is 4. The maximum atomic E-state index is 11.5. The predicted octanol–water partition coefficient (Wildman–Crippen LogP) is 3.99. The summed E-state index contributed by atoms with van der Waals surface area (Å²) in [7, 11) is 0. The van der Waals surface area contributed by atoms with Gasteiger partial charge in [-0.05, 0) is 56.5 Å². The van der Waals surface area contributed by atoms with Gasteiger partial charge >= 0.3 is 5.97 Å². The van der Waals surface area contributed by atoms with E-state index in [1.165, 1.54) is 0 Å². The van der Waals surface area contributed by atoms with E-state index in [9.17, 15) is 9.90 Å². The molecule has 2 aromatic carbocycles. The van der Waals surface area contributed by atoms with Gasteiger partial charge in [-0.15, -0.1) is 0 Å². The first-order chi connectivity index (χ1) is 10.3. The summed E-state index contributed by atoms with van der Waals surface area (Å²) < 4.78 is 5.72. The number of carbonyl (C=O) groups is 1. The summed E-state index contributed by atoms with van der Waals surface area (Å²) in [5.74, 6) is -0.340. The Bertz CT molecular complexity index is 595. The van der Waals surface area contributed by atoms with E-state index in [1.54, 1.807) is 0 Å². The maximum Gasteiger partial charge on any atom is 0.345 e. The number of rotatable bonds is 5. The van der Waals surface area contributed by atoms with Gasteiger partial charge in [0, 0.05) is 6.42 Å². The molecule has 0 bridgehead atoms. The SMILES string of the molecule is Cc1cc(C)cc(C[C@@H](Oc2cc(C)cc(C)c2)C(=O)O)c1. The molecule has 116 valence electrons. The van der Waals surface area contributed by atoms with Crippen LogP contribution in [0.3, 0.4) is 0 Å². The molecule has 0 aromatic heterocycles. The number of carboxylic acids is 1. The second kappa shape index (κ2) is 6.65. The summed E-state index contributed by atoms with van der Waals surface area (Å²) in [6.45, 7) is 7.97. The highest BCUT2D eigenvalue weighted by molar-refractivity contribution is 5.73. The molecular formula is C19H22O3. The first-order valence-corrected chi connectivity index (χ1v) is 7.38. The maximum absolute atomic E-state index is 11.5. The Kier molecular flexibility index (Phi) is 4.86. The minimum Gasteiger partial charge on any atom is -0.478 e. The van der Waals surface area contributed by atoms with E-state index < -0.39 is 12.1 Å². The van der Waals surface area contributed by atoms with Gasteiger partial charge in [0.15, 0.2) is 6.10 Å². The zero-order chi connectivity index (χ0) is 16.3. The number of benzene rings is 2. The summed E-state index contributed by atoms with van der Waals surface area (Å²) in [4.78, 5) is 11.5. The molecule has 0 saturated heterocycles. The van der Waals surface area contributed by atoms with Crippen LogP contribution in [0, 0.1) is 27.7 Å². The van der Waals surface area contributed by atoms with Crippen molar-refractivity contribution in [3.05, 3.63) is 64.2 Å². The fraction of sp³-hybridized carbons (Fsp3) is 0.316. The molecule has 2 aromatic rings. The number of carboxylic acid groups (broad SMARTS) is 1. The van der Waals surface area contributed by atoms with E-state index >= 15 is 0 Å². The Morgan fingerprint density at radius 3 is 1.82 bits per heavy atom. The van der Waals surface area contributed by atoms with E-state index in [2.05, 4.69) is 6.07 Å². The van der Waals surface area contributed by atoms with Crippen molar-refractivity contribution >= 4 is 5.97 Å². The van der Waals surface area contributed by atoms with Crippen LogP contribution in [0.1, 0.15) is 27.8 Å². The lowest BCUT2D eigenvalue weighted by molar-refractivity contribution is -0.145. The van der Waals surface area contributed by atoms with E-state index in [0.717, 1.165) is 27.8 Å². The van der Waals surface area contributed by atoms with Gasteiger partial charge in [0.1, 0.15) is 5.75 Å². The van der Waals surface area contributed by atoms with Gasteiger partial charge in [-0.3, -0.25) is 0 Å². The van der Waals surface area contributed by atoms with Crippen molar-refractivity contribution in [1.82, 2.24) is 0 Å². The highest BCUT2D eigenvalue weighted by atomic mass is 16.5. The topological polar surface area (TPSA) is 46.5 Å². The molecule has 0 heterocycles. The summed E-state index contributed by atoms with van der Waals surface area (Å²) in [5, 5.41) is 9.45. The second-order valence-electron chi connectivity index (χ2n) is 5.97. The third-order valence-electron chi connectivity index (χ3n) is 3.45. The van der Waals surface area contributed by atoms with Crippen LogP contribution in [0.4, 0.5) is 0 Å². The van der Waals surface area contributed by atoms with Gasteiger partial charge in [-0.2, -0.15) is 0 Å². The predicted molar refractivity (Wildman–Crippen MR) is 87.6 cm³/mol. The molecule has 3 heteroatoms. The highest BCUT2D eigenvalue weighted by Gasteiger charge is 2.20. The van der Waals surface area contributed by atoms with Crippen LogP contribution in [0.5, 0.6) is 5.75 Å². The van der Waals surface area contributed by atoms with Crippen molar-refractivity contribution in [3.63, 3.8) is 0 Å². The third kappa shape index (κ3) is 4.35. The molecule has 0 saturated carbocycles. The summed E-state index contributed by atoms with van der Waals surface area (Å²) in [6.07, 6.45) is -0.535. The Hall–Kier alpha value is -2.29. The van der Waals surface area contributed by atoms with E-state index in [1.807, 2.05) is 58.0 Å². The van der Waals surface area contributed by atoms with Gasteiger partial charge in [0.2, 0.25) is 0 Å². The van der Waals surface area contributed by atoms with Crippen LogP contribution in [-0.4, -0.2) is 17.2 Å². The van der Waals surface area contributed by atoms with Crippen molar-refractivity contribution in [2.75, 3.05) is 0 Å². The smallest absolute Gasteiger partial charge is 0.345 e. The fourth-order valence-corrected chi connectivity index (χ4v) is 2.75. The molecule has 0 spiro atoms. The first-order valence-electron chi connectivity index (χ1n) is 7.38. The van der Waals surface area contributed by atoms with Crippen LogP contribution in [0.25, 0.3) is 0 Å². The van der Waals surface area contributed by atoms with Gasteiger partial charge in [0.05, 0.1) is 0 Å². The Labute approximate surface area is 131 Å². The Morgan fingerprint density at radius 2 is 1.36 bits per heavy atom. The summed E-state index contributed by atoms with van der Waals surface area (Å²) in [6, 6.07) is 11.9. The molecule has 0 unspecified atom stereocenters. The average molecular weight is 298 g/mol. The number of hydrogen-bond acceptors (Lipinski definition) is 2. The van der Waals surface area contributed by atoms with Gasteiger partial charge in [-0.25, -0.2) is 4.79 Å². The molecule has 0 aliphatic heterocycles. The minimum atomic E-state index is -0.946. The number of ether oxygens (including phenoxy) is 1. The van der Waals surface area contributed by atoms with Gasteiger partial charge in [-0.1, -0.05) is 35.4 Å². The zero-order valence-electron chi connectivity index (χ0n) is 13.5. The lowest BCUT2D eigenvalue weighted by atomic mass is 10.0. The molecule has 3 nitrogen and oxygen atoms in total. The number of hydrogen-bond donors (Lipinski definition) is 1. The lowest BCUT2D eigenvalue weighted by Crippen LogP contribution is -2.29. The van der Waals surface area contributed by atoms with Crippen molar-refractivity contribution in [2.24, 2.45) is 0 Å². The summed E-state index contributed by atoms with van der Waals surface area (Å²) >= 11 is 0. The fourth-order valence-electron chi connectivity index (χ4n) is 2.75. The minimum absolute atomic E-state index is 0.352.